The molecule has 0 unspecified atom stereocenters. The summed E-state index contributed by atoms with van der Waals surface area (Å²) in [6, 6.07) is 5.95. The number of primary amides is 1. The number of nitrogens with zero attached hydrogens (tertiary/aromatic N) is 2. The minimum atomic E-state index is -0.635. The lowest BCUT2D eigenvalue weighted by molar-refractivity contribution is -0.382. The van der Waals surface area contributed by atoms with Gasteiger partial charge in [-0.25, -0.2) is 4.79 Å². The van der Waals surface area contributed by atoms with Crippen LogP contribution in [0, 0.1) is 10.1 Å². The van der Waals surface area contributed by atoms with Crippen LogP contribution in [0.25, 0.3) is 10.9 Å². The highest BCUT2D eigenvalue weighted by molar-refractivity contribution is 5.94. The number of amides is 2. The number of benzene rings is 1. The molecule has 0 atom stereocenters. The number of nitro groups is 1. The Morgan fingerprint density at radius 3 is 2.85 bits per heavy atom. The van der Waals surface area contributed by atoms with Gasteiger partial charge < -0.3 is 16.4 Å². The number of fused-ring (bicyclic) bond motifs is 1. The second kappa shape index (κ2) is 5.83. The van der Waals surface area contributed by atoms with Crippen LogP contribution in [0.4, 0.5) is 16.2 Å². The molecular weight excluding hydrogens is 262 g/mol. The number of nitrogens with one attached hydrogen (secondary N) is 2. The van der Waals surface area contributed by atoms with Crippen molar-refractivity contribution >= 4 is 28.3 Å². The fourth-order valence-corrected chi connectivity index (χ4v) is 1.86. The summed E-state index contributed by atoms with van der Waals surface area (Å²) in [5.74, 6) is 0. The fraction of sp³-hybridized carbons (Fsp3) is 0.167. The Hall–Kier alpha value is -2.90. The van der Waals surface area contributed by atoms with Gasteiger partial charge in [-0.3, -0.25) is 15.1 Å². The molecule has 0 aliphatic carbocycles. The topological polar surface area (TPSA) is 123 Å². The van der Waals surface area contributed by atoms with Crippen LogP contribution in [-0.4, -0.2) is 29.0 Å². The maximum atomic E-state index is 11.2. The molecule has 20 heavy (non-hydrogen) atoms. The molecular formula is C12H13N5O3. The summed E-state index contributed by atoms with van der Waals surface area (Å²) in [6.07, 6.45) is 1.58. The molecule has 2 amide bonds. The molecule has 1 heterocycles. The Labute approximate surface area is 114 Å². The molecule has 0 radical (unpaired) electrons. The minimum Gasteiger partial charge on any atom is -0.378 e. The van der Waals surface area contributed by atoms with E-state index in [-0.39, 0.29) is 12.2 Å². The monoisotopic (exact) mass is 275 g/mol. The van der Waals surface area contributed by atoms with Crippen LogP contribution < -0.4 is 16.4 Å². The third-order valence-corrected chi connectivity index (χ3v) is 2.68. The number of hydrogen-bond donors (Lipinski definition) is 3. The predicted octanol–water partition coefficient (Wildman–Crippen LogP) is 1.22. The highest BCUT2D eigenvalue weighted by Crippen LogP contribution is 2.32. The SMILES string of the molecule is NC(=O)NCCNc1ccc2ncccc2c1[N+](=O)[O-]. The molecule has 0 saturated carbocycles. The molecule has 1 aromatic carbocycles. The molecule has 0 spiro atoms. The van der Waals surface area contributed by atoms with Gasteiger partial charge in [0, 0.05) is 19.3 Å². The van der Waals surface area contributed by atoms with Crippen molar-refractivity contribution in [3.63, 3.8) is 0 Å². The fourth-order valence-electron chi connectivity index (χ4n) is 1.86. The maximum Gasteiger partial charge on any atom is 0.312 e. The number of carbonyl (C=O) groups excluding carboxylic acids is 1. The number of hydrogen-bond acceptors (Lipinski definition) is 5. The van der Waals surface area contributed by atoms with Gasteiger partial charge in [-0.1, -0.05) is 0 Å². The largest absolute Gasteiger partial charge is 0.378 e. The summed E-state index contributed by atoms with van der Waals surface area (Å²) in [7, 11) is 0. The number of rotatable bonds is 5. The van der Waals surface area contributed by atoms with Gasteiger partial charge in [-0.2, -0.15) is 0 Å². The number of nitro benzene ring substituents is 1. The molecule has 0 saturated heterocycles. The van der Waals surface area contributed by atoms with Gasteiger partial charge in [0.15, 0.2) is 0 Å². The van der Waals surface area contributed by atoms with Crippen LogP contribution >= 0.6 is 0 Å². The lowest BCUT2D eigenvalue weighted by Crippen LogP contribution is -2.33. The second-order valence-electron chi connectivity index (χ2n) is 4.01. The van der Waals surface area contributed by atoms with Crippen molar-refractivity contribution in [2.45, 2.75) is 0 Å². The smallest absolute Gasteiger partial charge is 0.312 e. The molecule has 2 aromatic rings. The van der Waals surface area contributed by atoms with E-state index in [4.69, 9.17) is 5.73 Å². The molecule has 8 heteroatoms. The Kier molecular flexibility index (Phi) is 3.94. The van der Waals surface area contributed by atoms with Crippen molar-refractivity contribution in [3.05, 3.63) is 40.6 Å². The molecule has 8 nitrogen and oxygen atoms in total. The second-order valence-corrected chi connectivity index (χ2v) is 4.01. The first kappa shape index (κ1) is 13.5. The summed E-state index contributed by atoms with van der Waals surface area (Å²) in [5, 5.41) is 17.0. The number of pyridine rings is 1. The maximum absolute atomic E-state index is 11.2. The summed E-state index contributed by atoms with van der Waals surface area (Å²) in [5.41, 5.74) is 5.83. The van der Waals surface area contributed by atoms with E-state index in [0.29, 0.717) is 23.1 Å². The van der Waals surface area contributed by atoms with Crippen LogP contribution in [-0.2, 0) is 0 Å². The van der Waals surface area contributed by atoms with Gasteiger partial charge in [-0.05, 0) is 24.3 Å². The molecule has 2 rings (SSSR count). The lowest BCUT2D eigenvalue weighted by atomic mass is 10.1. The van der Waals surface area contributed by atoms with E-state index < -0.39 is 11.0 Å². The van der Waals surface area contributed by atoms with Gasteiger partial charge in [0.05, 0.1) is 15.8 Å². The third-order valence-electron chi connectivity index (χ3n) is 2.68. The van der Waals surface area contributed by atoms with E-state index in [9.17, 15) is 14.9 Å². The molecule has 0 aliphatic heterocycles. The summed E-state index contributed by atoms with van der Waals surface area (Å²) < 4.78 is 0. The molecule has 104 valence electrons. The normalized spacial score (nSPS) is 10.2. The van der Waals surface area contributed by atoms with Gasteiger partial charge >= 0.3 is 11.7 Å². The van der Waals surface area contributed by atoms with E-state index >= 15 is 0 Å². The van der Waals surface area contributed by atoms with Crippen molar-refractivity contribution in [1.29, 1.82) is 0 Å². The molecule has 0 fully saturated rings. The van der Waals surface area contributed by atoms with E-state index in [1.165, 1.54) is 0 Å². The average molecular weight is 275 g/mol. The lowest BCUT2D eigenvalue weighted by Gasteiger charge is -2.09. The van der Waals surface area contributed by atoms with Crippen LogP contribution in [0.5, 0.6) is 0 Å². The Morgan fingerprint density at radius 1 is 1.35 bits per heavy atom. The number of urea groups is 1. The van der Waals surface area contributed by atoms with Gasteiger partial charge in [0.25, 0.3) is 0 Å². The number of nitrogens with two attached hydrogens (primary N) is 1. The Bertz CT molecular complexity index is 659. The molecule has 4 N–H and O–H groups in total. The summed E-state index contributed by atoms with van der Waals surface area (Å²) >= 11 is 0. The zero-order valence-electron chi connectivity index (χ0n) is 10.5. The van der Waals surface area contributed by atoms with Crippen LogP contribution in [0.3, 0.4) is 0 Å². The number of carbonyl (C=O) groups is 1. The molecule has 0 aliphatic rings. The zero-order valence-corrected chi connectivity index (χ0v) is 10.5. The molecule has 1 aromatic heterocycles. The standard InChI is InChI=1S/C12H13N5O3/c13-12(18)16-7-6-15-10-4-3-9-8(2-1-5-14-9)11(10)17(19)20/h1-5,15H,6-7H2,(H3,13,16,18). The van der Waals surface area contributed by atoms with Crippen molar-refractivity contribution in [3.8, 4) is 0 Å². The van der Waals surface area contributed by atoms with Gasteiger partial charge in [-0.15, -0.1) is 0 Å². The van der Waals surface area contributed by atoms with Crippen LogP contribution in [0.15, 0.2) is 30.5 Å². The first-order chi connectivity index (χ1) is 9.59. The third kappa shape index (κ3) is 2.91. The number of anilines is 1. The van der Waals surface area contributed by atoms with Crippen molar-refractivity contribution in [1.82, 2.24) is 10.3 Å². The Morgan fingerprint density at radius 2 is 2.15 bits per heavy atom. The average Bonchev–Trinajstić information content (AvgIpc) is 2.42. The van der Waals surface area contributed by atoms with E-state index in [0.717, 1.165) is 0 Å². The first-order valence-electron chi connectivity index (χ1n) is 5.89. The molecule has 0 bridgehead atoms. The number of aromatic nitrogens is 1. The quantitative estimate of drug-likeness (QED) is 0.430. The summed E-state index contributed by atoms with van der Waals surface area (Å²) in [4.78, 5) is 25.4. The van der Waals surface area contributed by atoms with E-state index in [1.54, 1.807) is 30.5 Å². The van der Waals surface area contributed by atoms with E-state index in [2.05, 4.69) is 15.6 Å². The van der Waals surface area contributed by atoms with Gasteiger partial charge in [0.1, 0.15) is 5.69 Å². The highest BCUT2D eigenvalue weighted by Gasteiger charge is 2.18. The summed E-state index contributed by atoms with van der Waals surface area (Å²) in [6.45, 7) is 0.604. The van der Waals surface area contributed by atoms with Crippen molar-refractivity contribution < 1.29 is 9.72 Å². The predicted molar refractivity (Wildman–Crippen MR) is 74.5 cm³/mol. The zero-order chi connectivity index (χ0) is 14.5. The van der Waals surface area contributed by atoms with Crippen molar-refractivity contribution in [2.24, 2.45) is 5.73 Å². The minimum absolute atomic E-state index is 0.0327. The van der Waals surface area contributed by atoms with E-state index in [1.807, 2.05) is 0 Å². The van der Waals surface area contributed by atoms with Gasteiger partial charge in [0.2, 0.25) is 0 Å². The van der Waals surface area contributed by atoms with Crippen LogP contribution in [0.1, 0.15) is 0 Å². The van der Waals surface area contributed by atoms with Crippen LogP contribution in [0.2, 0.25) is 0 Å². The first-order valence-corrected chi connectivity index (χ1v) is 5.89. The highest BCUT2D eigenvalue weighted by atomic mass is 16.6. The Balaban J connectivity index is 2.26. The van der Waals surface area contributed by atoms with Crippen molar-refractivity contribution in [2.75, 3.05) is 18.4 Å².